The number of aryl methyl sites for hydroxylation is 1. The standard InChI is InChI=1S/C10H18N4/c1-13-10(2-4-12-13)3-5-14-7-9(6-11)8-14/h2,4,9H,3,5-8,11H2,1H3. The van der Waals surface area contributed by atoms with E-state index in [2.05, 4.69) is 16.1 Å². The highest BCUT2D eigenvalue weighted by Crippen LogP contribution is 2.14. The van der Waals surface area contributed by atoms with Crippen molar-refractivity contribution in [1.82, 2.24) is 14.7 Å². The second kappa shape index (κ2) is 4.11. The van der Waals surface area contributed by atoms with Gasteiger partial charge in [0.25, 0.3) is 0 Å². The molecule has 14 heavy (non-hydrogen) atoms. The summed E-state index contributed by atoms with van der Waals surface area (Å²) in [5, 5.41) is 4.15. The number of hydrogen-bond donors (Lipinski definition) is 1. The average molecular weight is 194 g/mol. The van der Waals surface area contributed by atoms with E-state index in [4.69, 9.17) is 5.73 Å². The molecule has 0 atom stereocenters. The van der Waals surface area contributed by atoms with Gasteiger partial charge in [0.15, 0.2) is 0 Å². The minimum atomic E-state index is 0.738. The number of hydrogen-bond acceptors (Lipinski definition) is 3. The molecule has 2 N–H and O–H groups in total. The van der Waals surface area contributed by atoms with E-state index in [1.165, 1.54) is 18.8 Å². The van der Waals surface area contributed by atoms with Crippen LogP contribution in [0.1, 0.15) is 5.69 Å². The molecular weight excluding hydrogens is 176 g/mol. The van der Waals surface area contributed by atoms with Crippen molar-refractivity contribution in [3.63, 3.8) is 0 Å². The Balaban J connectivity index is 1.72. The Hall–Kier alpha value is -0.870. The quantitative estimate of drug-likeness (QED) is 0.725. The molecule has 2 rings (SSSR count). The molecule has 0 unspecified atom stereocenters. The van der Waals surface area contributed by atoms with E-state index in [-0.39, 0.29) is 0 Å². The molecule has 2 heterocycles. The van der Waals surface area contributed by atoms with Gasteiger partial charge in [-0.1, -0.05) is 0 Å². The summed E-state index contributed by atoms with van der Waals surface area (Å²) >= 11 is 0. The van der Waals surface area contributed by atoms with Crippen LogP contribution in [0.15, 0.2) is 12.3 Å². The van der Waals surface area contributed by atoms with Gasteiger partial charge in [-0.3, -0.25) is 4.68 Å². The minimum absolute atomic E-state index is 0.738. The van der Waals surface area contributed by atoms with E-state index < -0.39 is 0 Å². The molecule has 0 aliphatic carbocycles. The molecule has 0 amide bonds. The van der Waals surface area contributed by atoms with Gasteiger partial charge in [0.2, 0.25) is 0 Å². The van der Waals surface area contributed by atoms with Gasteiger partial charge in [-0.25, -0.2) is 0 Å². The zero-order chi connectivity index (χ0) is 9.97. The summed E-state index contributed by atoms with van der Waals surface area (Å²) in [6.45, 7) is 4.32. The van der Waals surface area contributed by atoms with Crippen LogP contribution in [-0.2, 0) is 13.5 Å². The van der Waals surface area contributed by atoms with Crippen LogP contribution in [0.25, 0.3) is 0 Å². The van der Waals surface area contributed by atoms with Crippen molar-refractivity contribution < 1.29 is 0 Å². The number of likely N-dealkylation sites (tertiary alicyclic amines) is 1. The average Bonchev–Trinajstić information content (AvgIpc) is 2.49. The Morgan fingerprint density at radius 1 is 1.57 bits per heavy atom. The molecule has 0 saturated carbocycles. The molecule has 1 aromatic heterocycles. The lowest BCUT2D eigenvalue weighted by Gasteiger charge is -2.38. The van der Waals surface area contributed by atoms with E-state index >= 15 is 0 Å². The van der Waals surface area contributed by atoms with Crippen LogP contribution < -0.4 is 5.73 Å². The Bertz CT molecular complexity index is 288. The van der Waals surface area contributed by atoms with Crippen LogP contribution in [0.4, 0.5) is 0 Å². The third kappa shape index (κ3) is 1.96. The van der Waals surface area contributed by atoms with Crippen LogP contribution >= 0.6 is 0 Å². The Morgan fingerprint density at radius 2 is 2.36 bits per heavy atom. The van der Waals surface area contributed by atoms with Gasteiger partial charge in [-0.2, -0.15) is 5.10 Å². The van der Waals surface area contributed by atoms with Crippen molar-refractivity contribution in [1.29, 1.82) is 0 Å². The SMILES string of the molecule is Cn1nccc1CCN1CC(CN)C1. The van der Waals surface area contributed by atoms with E-state index in [0.717, 1.165) is 25.4 Å². The molecule has 78 valence electrons. The van der Waals surface area contributed by atoms with Gasteiger partial charge in [0, 0.05) is 45.0 Å². The summed E-state index contributed by atoms with van der Waals surface area (Å²) in [5.74, 6) is 0.738. The highest BCUT2D eigenvalue weighted by molar-refractivity contribution is 5.00. The van der Waals surface area contributed by atoms with Gasteiger partial charge >= 0.3 is 0 Å². The second-order valence-corrected chi connectivity index (χ2v) is 4.06. The van der Waals surface area contributed by atoms with E-state index in [0.29, 0.717) is 0 Å². The Labute approximate surface area is 84.7 Å². The van der Waals surface area contributed by atoms with Crippen molar-refractivity contribution in [2.24, 2.45) is 18.7 Å². The first-order valence-electron chi connectivity index (χ1n) is 5.19. The molecule has 1 aliphatic heterocycles. The smallest absolute Gasteiger partial charge is 0.0492 e. The van der Waals surface area contributed by atoms with Crippen LogP contribution in [0.3, 0.4) is 0 Å². The zero-order valence-electron chi connectivity index (χ0n) is 8.69. The summed E-state index contributed by atoms with van der Waals surface area (Å²) in [7, 11) is 1.99. The van der Waals surface area contributed by atoms with Gasteiger partial charge in [0.05, 0.1) is 0 Å². The normalized spacial score (nSPS) is 18.4. The first-order chi connectivity index (χ1) is 6.79. The van der Waals surface area contributed by atoms with E-state index in [9.17, 15) is 0 Å². The maximum Gasteiger partial charge on any atom is 0.0492 e. The van der Waals surface area contributed by atoms with E-state index in [1.807, 2.05) is 17.9 Å². The number of rotatable bonds is 4. The topological polar surface area (TPSA) is 47.1 Å². The van der Waals surface area contributed by atoms with Crippen LogP contribution in [0, 0.1) is 5.92 Å². The van der Waals surface area contributed by atoms with Crippen molar-refractivity contribution >= 4 is 0 Å². The first-order valence-corrected chi connectivity index (χ1v) is 5.19. The molecule has 0 spiro atoms. The van der Waals surface area contributed by atoms with Crippen molar-refractivity contribution in [2.75, 3.05) is 26.2 Å². The third-order valence-corrected chi connectivity index (χ3v) is 2.97. The lowest BCUT2D eigenvalue weighted by Crippen LogP contribution is -2.50. The molecule has 0 bridgehead atoms. The monoisotopic (exact) mass is 194 g/mol. The van der Waals surface area contributed by atoms with Crippen molar-refractivity contribution in [3.05, 3.63) is 18.0 Å². The molecule has 1 aliphatic rings. The van der Waals surface area contributed by atoms with Gasteiger partial charge in [-0.05, 0) is 18.5 Å². The summed E-state index contributed by atoms with van der Waals surface area (Å²) in [4.78, 5) is 2.45. The Morgan fingerprint density at radius 3 is 2.93 bits per heavy atom. The molecule has 4 heteroatoms. The molecule has 1 fully saturated rings. The van der Waals surface area contributed by atoms with Crippen molar-refractivity contribution in [3.8, 4) is 0 Å². The van der Waals surface area contributed by atoms with Crippen molar-refractivity contribution in [2.45, 2.75) is 6.42 Å². The predicted octanol–water partition coefficient (Wildman–Crippen LogP) is -0.147. The van der Waals surface area contributed by atoms with Crippen LogP contribution in [0.2, 0.25) is 0 Å². The fraction of sp³-hybridized carbons (Fsp3) is 0.700. The maximum absolute atomic E-state index is 5.57. The summed E-state index contributed by atoms with van der Waals surface area (Å²) < 4.78 is 1.94. The van der Waals surface area contributed by atoms with E-state index in [1.54, 1.807) is 0 Å². The van der Waals surface area contributed by atoms with Crippen LogP contribution in [-0.4, -0.2) is 40.9 Å². The maximum atomic E-state index is 5.57. The van der Waals surface area contributed by atoms with Gasteiger partial charge in [-0.15, -0.1) is 0 Å². The third-order valence-electron chi connectivity index (χ3n) is 2.97. The second-order valence-electron chi connectivity index (χ2n) is 4.06. The fourth-order valence-corrected chi connectivity index (χ4v) is 1.93. The van der Waals surface area contributed by atoms with Crippen LogP contribution in [0.5, 0.6) is 0 Å². The number of nitrogens with two attached hydrogens (primary N) is 1. The molecule has 1 saturated heterocycles. The largest absolute Gasteiger partial charge is 0.330 e. The minimum Gasteiger partial charge on any atom is -0.330 e. The highest BCUT2D eigenvalue weighted by Gasteiger charge is 2.24. The lowest BCUT2D eigenvalue weighted by atomic mass is 10.0. The summed E-state index contributed by atoms with van der Waals surface area (Å²) in [6.07, 6.45) is 2.95. The zero-order valence-corrected chi connectivity index (χ0v) is 8.69. The predicted molar refractivity (Wildman–Crippen MR) is 55.9 cm³/mol. The van der Waals surface area contributed by atoms with Gasteiger partial charge < -0.3 is 10.6 Å². The lowest BCUT2D eigenvalue weighted by molar-refractivity contribution is 0.107. The molecule has 0 aromatic carbocycles. The molecule has 0 radical (unpaired) electrons. The first kappa shape index (κ1) is 9.68. The number of nitrogens with zero attached hydrogens (tertiary/aromatic N) is 3. The summed E-state index contributed by atoms with van der Waals surface area (Å²) in [6, 6.07) is 2.08. The molecular formula is C10H18N4. The molecule has 4 nitrogen and oxygen atoms in total. The number of aromatic nitrogens is 2. The summed E-state index contributed by atoms with van der Waals surface area (Å²) in [5.41, 5.74) is 6.88. The highest BCUT2D eigenvalue weighted by atomic mass is 15.3. The van der Waals surface area contributed by atoms with Gasteiger partial charge in [0.1, 0.15) is 0 Å². The fourth-order valence-electron chi connectivity index (χ4n) is 1.93. The molecule has 1 aromatic rings. The Kier molecular flexibility index (Phi) is 2.84.